The van der Waals surface area contributed by atoms with E-state index in [1.54, 1.807) is 36.4 Å². The van der Waals surface area contributed by atoms with Crippen LogP contribution in [0.3, 0.4) is 0 Å². The topological polar surface area (TPSA) is 93.7 Å². The van der Waals surface area contributed by atoms with E-state index >= 15 is 0 Å². The largest absolute Gasteiger partial charge is 0.497 e. The van der Waals surface area contributed by atoms with E-state index in [4.69, 9.17) is 9.47 Å². The fraction of sp³-hybridized carbons (Fsp3) is 0.167. The van der Waals surface area contributed by atoms with Crippen LogP contribution < -0.4 is 15.4 Å². The Morgan fingerprint density at radius 3 is 2.44 bits per heavy atom. The highest BCUT2D eigenvalue weighted by atomic mass is 16.5. The molecule has 0 aliphatic rings. The Morgan fingerprint density at radius 1 is 1.00 bits per heavy atom. The molecule has 2 aromatic carbocycles. The molecule has 130 valence electrons. The van der Waals surface area contributed by atoms with E-state index in [9.17, 15) is 14.4 Å². The minimum Gasteiger partial charge on any atom is -0.497 e. The highest BCUT2D eigenvalue weighted by Crippen LogP contribution is 2.14. The maximum atomic E-state index is 11.9. The van der Waals surface area contributed by atoms with Crippen molar-refractivity contribution < 1.29 is 23.9 Å². The number of benzene rings is 2. The van der Waals surface area contributed by atoms with Crippen molar-refractivity contribution in [3.8, 4) is 5.75 Å². The molecule has 0 fully saturated rings. The average Bonchev–Trinajstić information content (AvgIpc) is 2.65. The Bertz CT molecular complexity index is 789. The zero-order valence-corrected chi connectivity index (χ0v) is 13.9. The Morgan fingerprint density at radius 2 is 1.72 bits per heavy atom. The van der Waals surface area contributed by atoms with Crippen molar-refractivity contribution in [2.75, 3.05) is 26.1 Å². The first-order valence-corrected chi connectivity index (χ1v) is 7.46. The minimum atomic E-state index is -0.631. The van der Waals surface area contributed by atoms with Gasteiger partial charge in [-0.25, -0.2) is 4.79 Å². The molecule has 0 saturated heterocycles. The predicted octanol–water partition coefficient (Wildman–Crippen LogP) is 1.85. The van der Waals surface area contributed by atoms with Crippen molar-refractivity contribution >= 4 is 23.5 Å². The lowest BCUT2D eigenvalue weighted by molar-refractivity contribution is -0.119. The zero-order valence-electron chi connectivity index (χ0n) is 13.9. The van der Waals surface area contributed by atoms with Crippen LogP contribution >= 0.6 is 0 Å². The number of hydrogen-bond acceptors (Lipinski definition) is 5. The van der Waals surface area contributed by atoms with E-state index in [-0.39, 0.29) is 11.5 Å². The lowest BCUT2D eigenvalue weighted by Gasteiger charge is -2.08. The number of anilines is 1. The number of methoxy groups -OCH3 is 1. The summed E-state index contributed by atoms with van der Waals surface area (Å²) in [5.74, 6) is -0.885. The van der Waals surface area contributed by atoms with Crippen LogP contribution in [0.15, 0.2) is 48.5 Å². The normalized spacial score (nSPS) is 9.84. The minimum absolute atomic E-state index is 0.263. The van der Waals surface area contributed by atoms with Gasteiger partial charge < -0.3 is 20.1 Å². The number of esters is 1. The third-order valence-electron chi connectivity index (χ3n) is 3.28. The zero-order chi connectivity index (χ0) is 18.2. The quantitative estimate of drug-likeness (QED) is 0.782. The molecule has 0 spiro atoms. The maximum Gasteiger partial charge on any atom is 0.338 e. The molecule has 2 aromatic rings. The number of rotatable bonds is 6. The van der Waals surface area contributed by atoms with Gasteiger partial charge in [-0.3, -0.25) is 9.59 Å². The Hall–Kier alpha value is -3.35. The number of carbonyl (C=O) groups excluding carboxylic acids is 3. The highest BCUT2D eigenvalue weighted by Gasteiger charge is 2.12. The summed E-state index contributed by atoms with van der Waals surface area (Å²) in [7, 11) is 3.01. The van der Waals surface area contributed by atoms with Gasteiger partial charge in [0.05, 0.1) is 12.7 Å². The summed E-state index contributed by atoms with van der Waals surface area (Å²) < 4.78 is 10.0. The Kier molecular flexibility index (Phi) is 6.11. The van der Waals surface area contributed by atoms with Gasteiger partial charge in [0.2, 0.25) is 0 Å². The summed E-state index contributed by atoms with van der Waals surface area (Å²) in [4.78, 5) is 35.4. The molecule has 7 heteroatoms. The van der Waals surface area contributed by atoms with E-state index in [0.717, 1.165) is 0 Å². The SMILES string of the molecule is CNC(=O)c1cccc(NC(=O)COC(=O)c2cccc(OC)c2)c1. The summed E-state index contributed by atoms with van der Waals surface area (Å²) in [6.45, 7) is -0.444. The molecular weight excluding hydrogens is 324 g/mol. The van der Waals surface area contributed by atoms with Gasteiger partial charge in [0.25, 0.3) is 11.8 Å². The second-order valence-corrected chi connectivity index (χ2v) is 5.02. The van der Waals surface area contributed by atoms with Crippen LogP contribution in [0, 0.1) is 0 Å². The molecule has 2 rings (SSSR count). The first-order chi connectivity index (χ1) is 12.0. The maximum absolute atomic E-state index is 11.9. The molecule has 0 aliphatic heterocycles. The second-order valence-electron chi connectivity index (χ2n) is 5.02. The van der Waals surface area contributed by atoms with Gasteiger partial charge in [-0.2, -0.15) is 0 Å². The van der Waals surface area contributed by atoms with Gasteiger partial charge in [0.15, 0.2) is 6.61 Å². The van der Waals surface area contributed by atoms with Crippen LogP contribution in [0.4, 0.5) is 5.69 Å². The molecule has 25 heavy (non-hydrogen) atoms. The van der Waals surface area contributed by atoms with Crippen molar-refractivity contribution in [2.24, 2.45) is 0 Å². The molecule has 0 radical (unpaired) electrons. The highest BCUT2D eigenvalue weighted by molar-refractivity contribution is 5.98. The summed E-state index contributed by atoms with van der Waals surface area (Å²) in [6, 6.07) is 12.9. The average molecular weight is 342 g/mol. The molecule has 0 bridgehead atoms. The summed E-state index contributed by atoms with van der Waals surface area (Å²) in [5.41, 5.74) is 1.13. The van der Waals surface area contributed by atoms with Gasteiger partial charge in [0, 0.05) is 18.3 Å². The Balaban J connectivity index is 1.92. The molecule has 0 aromatic heterocycles. The molecule has 0 aliphatic carbocycles. The van der Waals surface area contributed by atoms with Crippen LogP contribution in [-0.2, 0) is 9.53 Å². The molecule has 0 unspecified atom stereocenters. The summed E-state index contributed by atoms with van der Waals surface area (Å²) in [6.07, 6.45) is 0. The van der Waals surface area contributed by atoms with Crippen LogP contribution in [-0.4, -0.2) is 38.5 Å². The second kappa shape index (κ2) is 8.49. The molecular formula is C18H18N2O5. The molecule has 0 atom stereocenters. The van der Waals surface area contributed by atoms with Crippen molar-refractivity contribution in [2.45, 2.75) is 0 Å². The van der Waals surface area contributed by atoms with E-state index < -0.39 is 18.5 Å². The van der Waals surface area contributed by atoms with Crippen LogP contribution in [0.25, 0.3) is 0 Å². The first kappa shape index (κ1) is 18.0. The fourth-order valence-electron chi connectivity index (χ4n) is 2.04. The molecule has 2 amide bonds. The number of hydrogen-bond donors (Lipinski definition) is 2. The van der Waals surface area contributed by atoms with Crippen molar-refractivity contribution in [1.82, 2.24) is 5.32 Å². The van der Waals surface area contributed by atoms with E-state index in [1.165, 1.54) is 26.3 Å². The van der Waals surface area contributed by atoms with Gasteiger partial charge in [-0.1, -0.05) is 12.1 Å². The lowest BCUT2D eigenvalue weighted by Crippen LogP contribution is -2.22. The summed E-state index contributed by atoms with van der Waals surface area (Å²) in [5, 5.41) is 5.07. The molecule has 0 heterocycles. The van der Waals surface area contributed by atoms with Gasteiger partial charge >= 0.3 is 5.97 Å². The lowest BCUT2D eigenvalue weighted by atomic mass is 10.2. The van der Waals surface area contributed by atoms with Gasteiger partial charge in [0.1, 0.15) is 5.75 Å². The Labute approximate surface area is 144 Å². The third-order valence-corrected chi connectivity index (χ3v) is 3.28. The predicted molar refractivity (Wildman–Crippen MR) is 91.7 cm³/mol. The monoisotopic (exact) mass is 342 g/mol. The third kappa shape index (κ3) is 5.07. The molecule has 2 N–H and O–H groups in total. The van der Waals surface area contributed by atoms with Crippen molar-refractivity contribution in [3.05, 3.63) is 59.7 Å². The van der Waals surface area contributed by atoms with Gasteiger partial charge in [-0.15, -0.1) is 0 Å². The van der Waals surface area contributed by atoms with E-state index in [1.807, 2.05) is 0 Å². The van der Waals surface area contributed by atoms with Crippen molar-refractivity contribution in [1.29, 1.82) is 0 Å². The number of nitrogens with one attached hydrogen (secondary N) is 2. The van der Waals surface area contributed by atoms with Crippen LogP contribution in [0.1, 0.15) is 20.7 Å². The van der Waals surface area contributed by atoms with E-state index in [2.05, 4.69) is 10.6 Å². The van der Waals surface area contributed by atoms with Crippen LogP contribution in [0.5, 0.6) is 5.75 Å². The standard InChI is InChI=1S/C18H18N2O5/c1-19-17(22)12-5-3-7-14(9-12)20-16(21)11-25-18(23)13-6-4-8-15(10-13)24-2/h3-10H,11H2,1-2H3,(H,19,22)(H,20,21). The first-order valence-electron chi connectivity index (χ1n) is 7.46. The number of carbonyl (C=O) groups is 3. The van der Waals surface area contributed by atoms with Crippen molar-refractivity contribution in [3.63, 3.8) is 0 Å². The molecule has 0 saturated carbocycles. The number of amides is 2. The molecule has 7 nitrogen and oxygen atoms in total. The number of ether oxygens (including phenoxy) is 2. The smallest absolute Gasteiger partial charge is 0.338 e. The van der Waals surface area contributed by atoms with E-state index in [0.29, 0.717) is 17.0 Å². The fourth-order valence-corrected chi connectivity index (χ4v) is 2.04. The van der Waals surface area contributed by atoms with Gasteiger partial charge in [-0.05, 0) is 36.4 Å². The van der Waals surface area contributed by atoms with Crippen LogP contribution in [0.2, 0.25) is 0 Å². The summed E-state index contributed by atoms with van der Waals surface area (Å²) >= 11 is 0.